The molecule has 0 unspecified atom stereocenters. The van der Waals surface area contributed by atoms with E-state index < -0.39 is 5.60 Å². The van der Waals surface area contributed by atoms with Crippen molar-refractivity contribution >= 4 is 0 Å². The van der Waals surface area contributed by atoms with Gasteiger partial charge in [-0.3, -0.25) is 0 Å². The van der Waals surface area contributed by atoms with E-state index in [1.807, 2.05) is 33.8 Å². The lowest BCUT2D eigenvalue weighted by molar-refractivity contribution is 0.0431. The van der Waals surface area contributed by atoms with Crippen LogP contribution < -0.4 is 0 Å². The monoisotopic (exact) mass is 474 g/mol. The first kappa shape index (κ1) is 30.0. The van der Waals surface area contributed by atoms with E-state index >= 15 is 0 Å². The number of alkyl halides is 1. The van der Waals surface area contributed by atoms with Crippen LogP contribution in [0.15, 0.2) is 34.9 Å². The molecule has 1 aromatic rings. The minimum Gasteiger partial charge on any atom is -0.507 e. The van der Waals surface area contributed by atoms with Gasteiger partial charge in [-0.15, -0.1) is 0 Å². The number of aliphatic hydroxyl groups is 1. The van der Waals surface area contributed by atoms with Gasteiger partial charge in [0.25, 0.3) is 0 Å². The molecule has 0 aliphatic rings. The van der Waals surface area contributed by atoms with Crippen molar-refractivity contribution in [2.75, 3.05) is 6.67 Å². The molecule has 0 amide bonds. The minimum atomic E-state index is -0.842. The van der Waals surface area contributed by atoms with Crippen LogP contribution in [0.2, 0.25) is 0 Å². The predicted molar refractivity (Wildman–Crippen MR) is 142 cm³/mol. The number of hydrogen-bond donors (Lipinski definition) is 3. The molecule has 0 heterocycles. The fourth-order valence-corrected chi connectivity index (χ4v) is 4.19. The van der Waals surface area contributed by atoms with Gasteiger partial charge in [0.1, 0.15) is 18.2 Å². The lowest BCUT2D eigenvalue weighted by atomic mass is 9.88. The number of halogens is 1. The molecule has 1 aromatic carbocycles. The molecule has 4 heteroatoms. The van der Waals surface area contributed by atoms with Gasteiger partial charge in [0, 0.05) is 5.56 Å². The standard InChI is InChI=1S/C30H47FO3/c1-8-26(20-31)16-10-14-21(2)12-9-13-22(3)15-11-18-30(7,34)19-17-27-25(6)28(32)23(4)24(5)29(27)33/h12,15-16,32-34H,8-11,13-14,17-20H2,1-7H3/b21-12+,22-15+,26-16-/t30-/m1/s1. The van der Waals surface area contributed by atoms with Crippen LogP contribution >= 0.6 is 0 Å². The van der Waals surface area contributed by atoms with Crippen LogP contribution in [0.25, 0.3) is 0 Å². The quantitative estimate of drug-likeness (QED) is 0.188. The Morgan fingerprint density at radius 2 is 1.35 bits per heavy atom. The Hall–Kier alpha value is -2.07. The highest BCUT2D eigenvalue weighted by Gasteiger charge is 2.23. The fourth-order valence-electron chi connectivity index (χ4n) is 4.19. The molecule has 0 aromatic heterocycles. The van der Waals surface area contributed by atoms with E-state index in [9.17, 15) is 19.7 Å². The topological polar surface area (TPSA) is 60.7 Å². The van der Waals surface area contributed by atoms with E-state index in [4.69, 9.17) is 0 Å². The summed E-state index contributed by atoms with van der Waals surface area (Å²) in [7, 11) is 0. The Morgan fingerprint density at radius 3 is 1.91 bits per heavy atom. The van der Waals surface area contributed by atoms with Crippen LogP contribution in [0.1, 0.15) is 101 Å². The maximum absolute atomic E-state index is 12.7. The second-order valence-corrected chi connectivity index (χ2v) is 10.1. The highest BCUT2D eigenvalue weighted by atomic mass is 19.1. The van der Waals surface area contributed by atoms with Gasteiger partial charge in [-0.05, 0) is 122 Å². The second-order valence-electron chi connectivity index (χ2n) is 10.1. The molecule has 34 heavy (non-hydrogen) atoms. The van der Waals surface area contributed by atoms with Crippen molar-refractivity contribution in [2.45, 2.75) is 112 Å². The van der Waals surface area contributed by atoms with Gasteiger partial charge in [-0.1, -0.05) is 36.3 Å². The van der Waals surface area contributed by atoms with Gasteiger partial charge in [0.2, 0.25) is 0 Å². The summed E-state index contributed by atoms with van der Waals surface area (Å²) in [5, 5.41) is 31.7. The number of phenolic OH excluding ortho intramolecular Hbond substituents is 2. The first-order chi connectivity index (χ1) is 15.9. The Bertz CT molecular complexity index is 856. The Kier molecular flexibility index (Phi) is 12.7. The summed E-state index contributed by atoms with van der Waals surface area (Å²) in [6.45, 7) is 13.2. The molecule has 0 saturated carbocycles. The highest BCUT2D eigenvalue weighted by molar-refractivity contribution is 5.56. The van der Waals surface area contributed by atoms with E-state index in [0.717, 1.165) is 49.7 Å². The number of benzene rings is 1. The van der Waals surface area contributed by atoms with Gasteiger partial charge >= 0.3 is 0 Å². The second kappa shape index (κ2) is 14.4. The number of allylic oxidation sites excluding steroid dienone is 6. The van der Waals surface area contributed by atoms with E-state index in [0.29, 0.717) is 36.0 Å². The van der Waals surface area contributed by atoms with Crippen LogP contribution in [-0.2, 0) is 6.42 Å². The molecule has 0 bridgehead atoms. The van der Waals surface area contributed by atoms with Crippen LogP contribution in [0.5, 0.6) is 11.5 Å². The van der Waals surface area contributed by atoms with Crippen LogP contribution in [0.3, 0.4) is 0 Å². The van der Waals surface area contributed by atoms with Crippen molar-refractivity contribution in [2.24, 2.45) is 0 Å². The molecule has 0 aliphatic carbocycles. The van der Waals surface area contributed by atoms with Gasteiger partial charge in [-0.2, -0.15) is 0 Å². The zero-order valence-corrected chi connectivity index (χ0v) is 22.5. The minimum absolute atomic E-state index is 0.229. The zero-order valence-electron chi connectivity index (χ0n) is 22.5. The smallest absolute Gasteiger partial charge is 0.122 e. The van der Waals surface area contributed by atoms with Crippen molar-refractivity contribution < 1.29 is 19.7 Å². The van der Waals surface area contributed by atoms with Crippen molar-refractivity contribution in [1.29, 1.82) is 0 Å². The lowest BCUT2D eigenvalue weighted by Crippen LogP contribution is -2.24. The Labute approximate surface area is 207 Å². The number of hydrogen-bond acceptors (Lipinski definition) is 3. The van der Waals surface area contributed by atoms with Crippen LogP contribution in [0, 0.1) is 20.8 Å². The molecule has 3 nitrogen and oxygen atoms in total. The first-order valence-corrected chi connectivity index (χ1v) is 12.7. The van der Waals surface area contributed by atoms with E-state index in [-0.39, 0.29) is 18.2 Å². The molecule has 1 rings (SSSR count). The molecule has 1 atom stereocenters. The van der Waals surface area contributed by atoms with Crippen molar-refractivity contribution in [3.05, 3.63) is 57.2 Å². The number of phenols is 2. The van der Waals surface area contributed by atoms with E-state index in [1.165, 1.54) is 11.1 Å². The highest BCUT2D eigenvalue weighted by Crippen LogP contribution is 2.37. The van der Waals surface area contributed by atoms with Crippen LogP contribution in [-0.4, -0.2) is 27.6 Å². The van der Waals surface area contributed by atoms with Crippen molar-refractivity contribution in [3.63, 3.8) is 0 Å². The van der Waals surface area contributed by atoms with Gasteiger partial charge in [0.05, 0.1) is 5.60 Å². The van der Waals surface area contributed by atoms with E-state index in [2.05, 4.69) is 26.0 Å². The van der Waals surface area contributed by atoms with Crippen LogP contribution in [0.4, 0.5) is 4.39 Å². The van der Waals surface area contributed by atoms with Crippen molar-refractivity contribution in [3.8, 4) is 11.5 Å². The summed E-state index contributed by atoms with van der Waals surface area (Å²) in [5.74, 6) is 0.460. The zero-order chi connectivity index (χ0) is 25.9. The third-order valence-electron chi connectivity index (χ3n) is 7.08. The largest absolute Gasteiger partial charge is 0.507 e. The molecule has 0 fully saturated rings. The fraction of sp³-hybridized carbons (Fsp3) is 0.600. The third kappa shape index (κ3) is 9.66. The summed E-state index contributed by atoms with van der Waals surface area (Å²) in [5.41, 5.74) is 5.53. The van der Waals surface area contributed by atoms with Gasteiger partial charge in [-0.25, -0.2) is 4.39 Å². The molecule has 0 aliphatic heterocycles. The number of rotatable bonds is 14. The van der Waals surface area contributed by atoms with Crippen molar-refractivity contribution in [1.82, 2.24) is 0 Å². The van der Waals surface area contributed by atoms with E-state index in [1.54, 1.807) is 6.92 Å². The summed E-state index contributed by atoms with van der Waals surface area (Å²) in [4.78, 5) is 0. The summed E-state index contributed by atoms with van der Waals surface area (Å²) >= 11 is 0. The van der Waals surface area contributed by atoms with Gasteiger partial charge in [0.15, 0.2) is 0 Å². The van der Waals surface area contributed by atoms with Gasteiger partial charge < -0.3 is 15.3 Å². The molecular formula is C30H47FO3. The number of aromatic hydroxyl groups is 2. The summed E-state index contributed by atoms with van der Waals surface area (Å²) in [6.07, 6.45) is 13.7. The SMILES string of the molecule is CC/C(=C/CC/C(C)=C/CC/C(C)=C/CC[C@@](C)(O)CCc1c(C)c(O)c(C)c(C)c1O)CF. The molecule has 192 valence electrons. The average Bonchev–Trinajstić information content (AvgIpc) is 2.79. The summed E-state index contributed by atoms with van der Waals surface area (Å²) < 4.78 is 12.7. The average molecular weight is 475 g/mol. The molecular weight excluding hydrogens is 427 g/mol. The molecule has 0 saturated heterocycles. The Morgan fingerprint density at radius 1 is 0.824 bits per heavy atom. The maximum Gasteiger partial charge on any atom is 0.122 e. The molecule has 0 radical (unpaired) electrons. The normalized spacial score (nSPS) is 15.0. The lowest BCUT2D eigenvalue weighted by Gasteiger charge is -2.24. The molecule has 0 spiro atoms. The Balaban J connectivity index is 2.51. The predicted octanol–water partition coefficient (Wildman–Crippen LogP) is 8.25. The summed E-state index contributed by atoms with van der Waals surface area (Å²) in [6, 6.07) is 0. The third-order valence-corrected chi connectivity index (χ3v) is 7.08. The first-order valence-electron chi connectivity index (χ1n) is 12.7. The maximum atomic E-state index is 12.7. The molecule has 3 N–H and O–H groups in total.